The Morgan fingerprint density at radius 3 is 2.72 bits per heavy atom. The van der Waals surface area contributed by atoms with Gasteiger partial charge in [-0.2, -0.15) is 0 Å². The van der Waals surface area contributed by atoms with Crippen molar-refractivity contribution in [2.75, 3.05) is 18.4 Å². The van der Waals surface area contributed by atoms with E-state index < -0.39 is 10.0 Å². The predicted octanol–water partition coefficient (Wildman–Crippen LogP) is 2.68. The van der Waals surface area contributed by atoms with Gasteiger partial charge in [-0.1, -0.05) is 18.5 Å². The van der Waals surface area contributed by atoms with Gasteiger partial charge in [0.05, 0.1) is 24.6 Å². The normalized spacial score (nSPS) is 11.0. The average Bonchev–Trinajstić information content (AvgIpc) is 2.59. The largest absolute Gasteiger partial charge is 0.495 e. The van der Waals surface area contributed by atoms with Crippen LogP contribution in [0.1, 0.15) is 23.7 Å². The van der Waals surface area contributed by atoms with E-state index in [0.717, 1.165) is 6.42 Å². The van der Waals surface area contributed by atoms with Gasteiger partial charge in [-0.05, 0) is 30.7 Å². The van der Waals surface area contributed by atoms with Crippen LogP contribution in [0.5, 0.6) is 5.75 Å². The number of benzene rings is 1. The van der Waals surface area contributed by atoms with Crippen molar-refractivity contribution in [2.24, 2.45) is 0 Å². The molecule has 1 aromatic heterocycles. The molecule has 9 heteroatoms. The van der Waals surface area contributed by atoms with Gasteiger partial charge >= 0.3 is 0 Å². The zero-order chi connectivity index (χ0) is 18.4. The number of aromatic nitrogens is 1. The second-order valence-electron chi connectivity index (χ2n) is 5.12. The Morgan fingerprint density at radius 1 is 1.28 bits per heavy atom. The monoisotopic (exact) mass is 383 g/mol. The molecule has 0 spiro atoms. The molecule has 1 amide bonds. The molecule has 25 heavy (non-hydrogen) atoms. The first-order chi connectivity index (χ1) is 11.9. The first-order valence-electron chi connectivity index (χ1n) is 7.47. The molecule has 134 valence electrons. The van der Waals surface area contributed by atoms with Crippen LogP contribution in [-0.4, -0.2) is 33.0 Å². The summed E-state index contributed by atoms with van der Waals surface area (Å²) < 4.78 is 32.7. The van der Waals surface area contributed by atoms with Gasteiger partial charge in [-0.15, -0.1) is 0 Å². The molecule has 2 rings (SSSR count). The molecule has 0 unspecified atom stereocenters. The summed E-state index contributed by atoms with van der Waals surface area (Å²) in [5, 5.41) is 2.96. The summed E-state index contributed by atoms with van der Waals surface area (Å²) in [6, 6.07) is 5.68. The molecule has 7 nitrogen and oxygen atoms in total. The highest BCUT2D eigenvalue weighted by Crippen LogP contribution is 2.28. The second kappa shape index (κ2) is 8.17. The van der Waals surface area contributed by atoms with Crippen LogP contribution in [-0.2, 0) is 10.0 Å². The van der Waals surface area contributed by atoms with E-state index in [9.17, 15) is 13.2 Å². The number of hydrogen-bond donors (Lipinski definition) is 2. The number of amides is 1. The van der Waals surface area contributed by atoms with E-state index in [-0.39, 0.29) is 32.8 Å². The number of carbonyl (C=O) groups is 1. The molecule has 0 fully saturated rings. The minimum absolute atomic E-state index is 0.108. The predicted molar refractivity (Wildman–Crippen MR) is 95.7 cm³/mol. The van der Waals surface area contributed by atoms with Crippen molar-refractivity contribution in [3.63, 3.8) is 0 Å². The van der Waals surface area contributed by atoms with Crippen LogP contribution in [0, 0.1) is 0 Å². The zero-order valence-electron chi connectivity index (χ0n) is 13.7. The van der Waals surface area contributed by atoms with Gasteiger partial charge in [0, 0.05) is 17.8 Å². The number of halogens is 1. The number of sulfonamides is 1. The van der Waals surface area contributed by atoms with Crippen LogP contribution in [0.2, 0.25) is 5.02 Å². The third-order valence-corrected chi connectivity index (χ3v) is 4.84. The number of hydrogen-bond acceptors (Lipinski definition) is 5. The molecule has 0 saturated carbocycles. The van der Waals surface area contributed by atoms with Gasteiger partial charge in [-0.3, -0.25) is 14.5 Å². The molecule has 0 bridgehead atoms. The van der Waals surface area contributed by atoms with E-state index in [1.54, 1.807) is 0 Å². The van der Waals surface area contributed by atoms with Crippen molar-refractivity contribution in [2.45, 2.75) is 18.2 Å². The molecule has 1 aromatic carbocycles. The standard InChI is InChI=1S/C16H18ClN3O4S/c1-3-6-19-16(21)11-7-13(10-18-9-11)20-25(22,23)15-8-12(17)4-5-14(15)24-2/h4-5,7-10,20H,3,6H2,1-2H3,(H,19,21). The van der Waals surface area contributed by atoms with E-state index in [1.807, 2.05) is 6.92 Å². The van der Waals surface area contributed by atoms with Gasteiger partial charge in [0.15, 0.2) is 0 Å². The smallest absolute Gasteiger partial charge is 0.265 e. The van der Waals surface area contributed by atoms with Crippen LogP contribution in [0.25, 0.3) is 0 Å². The molecule has 0 saturated heterocycles. The maximum atomic E-state index is 12.6. The summed E-state index contributed by atoms with van der Waals surface area (Å²) in [5.41, 5.74) is 0.415. The van der Waals surface area contributed by atoms with Crippen molar-refractivity contribution in [3.8, 4) is 5.75 Å². The number of ether oxygens (including phenoxy) is 1. The van der Waals surface area contributed by atoms with Gasteiger partial charge < -0.3 is 10.1 Å². The number of nitrogens with zero attached hydrogens (tertiary/aromatic N) is 1. The lowest BCUT2D eigenvalue weighted by Crippen LogP contribution is -2.24. The van der Waals surface area contributed by atoms with Gasteiger partial charge in [-0.25, -0.2) is 8.42 Å². The Bertz CT molecular complexity index is 871. The van der Waals surface area contributed by atoms with Crippen LogP contribution < -0.4 is 14.8 Å². The van der Waals surface area contributed by atoms with E-state index in [2.05, 4.69) is 15.0 Å². The second-order valence-corrected chi connectivity index (χ2v) is 7.21. The molecular formula is C16H18ClN3O4S. The Labute approximate surface area is 151 Å². The summed E-state index contributed by atoms with van der Waals surface area (Å²) in [6.45, 7) is 2.45. The van der Waals surface area contributed by atoms with Crippen molar-refractivity contribution in [3.05, 3.63) is 47.2 Å². The van der Waals surface area contributed by atoms with Gasteiger partial charge in [0.2, 0.25) is 0 Å². The number of carbonyl (C=O) groups excluding carboxylic acids is 1. The molecule has 0 radical (unpaired) electrons. The molecule has 0 aliphatic rings. The fourth-order valence-electron chi connectivity index (χ4n) is 2.03. The average molecular weight is 384 g/mol. The topological polar surface area (TPSA) is 97.4 Å². The highest BCUT2D eigenvalue weighted by Gasteiger charge is 2.21. The van der Waals surface area contributed by atoms with Crippen molar-refractivity contribution >= 4 is 33.2 Å². The number of rotatable bonds is 7. The molecule has 2 N–H and O–H groups in total. The number of nitrogens with one attached hydrogen (secondary N) is 2. The number of methoxy groups -OCH3 is 1. The summed E-state index contributed by atoms with van der Waals surface area (Å²) in [5.74, 6) is -0.169. The van der Waals surface area contributed by atoms with Crippen molar-refractivity contribution < 1.29 is 17.9 Å². The maximum absolute atomic E-state index is 12.6. The van der Waals surface area contributed by atoms with E-state index in [4.69, 9.17) is 16.3 Å². The summed E-state index contributed by atoms with van der Waals surface area (Å²) in [7, 11) is -2.61. The minimum atomic E-state index is -3.97. The molecule has 2 aromatic rings. The molecular weight excluding hydrogens is 366 g/mol. The minimum Gasteiger partial charge on any atom is -0.495 e. The fourth-order valence-corrected chi connectivity index (χ4v) is 3.50. The van der Waals surface area contributed by atoms with E-state index in [0.29, 0.717) is 6.54 Å². The molecule has 1 heterocycles. The first kappa shape index (κ1) is 19.0. The van der Waals surface area contributed by atoms with Crippen LogP contribution in [0.3, 0.4) is 0 Å². The third-order valence-electron chi connectivity index (χ3n) is 3.20. The van der Waals surface area contributed by atoms with Crippen molar-refractivity contribution in [1.29, 1.82) is 0 Å². The summed E-state index contributed by atoms with van der Waals surface area (Å²) >= 11 is 5.89. The summed E-state index contributed by atoms with van der Waals surface area (Å²) in [4.78, 5) is 15.8. The lowest BCUT2D eigenvalue weighted by atomic mass is 10.2. The van der Waals surface area contributed by atoms with Crippen LogP contribution >= 0.6 is 11.6 Å². The maximum Gasteiger partial charge on any atom is 0.265 e. The molecule has 0 atom stereocenters. The first-order valence-corrected chi connectivity index (χ1v) is 9.33. The Balaban J connectivity index is 2.30. The molecule has 0 aliphatic carbocycles. The van der Waals surface area contributed by atoms with Gasteiger partial charge in [0.25, 0.3) is 15.9 Å². The van der Waals surface area contributed by atoms with Crippen LogP contribution in [0.15, 0.2) is 41.6 Å². The highest BCUT2D eigenvalue weighted by atomic mass is 35.5. The molecule has 0 aliphatic heterocycles. The number of pyridine rings is 1. The summed E-state index contributed by atoms with van der Waals surface area (Å²) in [6.07, 6.45) is 3.47. The Morgan fingerprint density at radius 2 is 2.04 bits per heavy atom. The van der Waals surface area contributed by atoms with Crippen molar-refractivity contribution in [1.82, 2.24) is 10.3 Å². The van der Waals surface area contributed by atoms with E-state index in [1.165, 1.54) is 43.8 Å². The Kier molecular flexibility index (Phi) is 6.22. The zero-order valence-corrected chi connectivity index (χ0v) is 15.3. The Hall–Kier alpha value is -2.32. The van der Waals surface area contributed by atoms with Crippen LogP contribution in [0.4, 0.5) is 5.69 Å². The van der Waals surface area contributed by atoms with E-state index >= 15 is 0 Å². The quantitative estimate of drug-likeness (QED) is 0.766. The van der Waals surface area contributed by atoms with Gasteiger partial charge in [0.1, 0.15) is 10.6 Å². The highest BCUT2D eigenvalue weighted by molar-refractivity contribution is 7.92. The third kappa shape index (κ3) is 4.83. The lowest BCUT2D eigenvalue weighted by molar-refractivity contribution is 0.0953. The number of anilines is 1. The SMILES string of the molecule is CCCNC(=O)c1cncc(NS(=O)(=O)c2cc(Cl)ccc2OC)c1. The fraction of sp³-hybridized carbons (Fsp3) is 0.250. The lowest BCUT2D eigenvalue weighted by Gasteiger charge is -2.12.